The van der Waals surface area contributed by atoms with Gasteiger partial charge in [0.2, 0.25) is 5.91 Å². The van der Waals surface area contributed by atoms with E-state index in [1.165, 1.54) is 0 Å². The third kappa shape index (κ3) is 3.67. The fraction of sp³-hybridized carbons (Fsp3) is 0.316. The predicted molar refractivity (Wildman–Crippen MR) is 95.8 cm³/mol. The normalized spacial score (nSPS) is 15.5. The number of para-hydroxylation sites is 1. The average Bonchev–Trinajstić information content (AvgIpc) is 2.58. The van der Waals surface area contributed by atoms with Gasteiger partial charge in [0.25, 0.3) is 0 Å². The molecule has 23 heavy (non-hydrogen) atoms. The highest BCUT2D eigenvalue weighted by molar-refractivity contribution is 6.34. The van der Waals surface area contributed by atoms with E-state index in [4.69, 9.17) is 11.6 Å². The first kappa shape index (κ1) is 15.9. The van der Waals surface area contributed by atoms with E-state index in [1.807, 2.05) is 35.2 Å². The first-order valence-electron chi connectivity index (χ1n) is 8.01. The van der Waals surface area contributed by atoms with Crippen molar-refractivity contribution in [1.82, 2.24) is 4.90 Å². The van der Waals surface area contributed by atoms with E-state index in [1.54, 1.807) is 6.92 Å². The molecule has 0 atom stereocenters. The maximum atomic E-state index is 11.4. The summed E-state index contributed by atoms with van der Waals surface area (Å²) in [6.07, 6.45) is 1.89. The predicted octanol–water partition coefficient (Wildman–Crippen LogP) is 4.43. The number of hydrogen-bond acceptors (Lipinski definition) is 2. The van der Waals surface area contributed by atoms with Crippen molar-refractivity contribution in [3.05, 3.63) is 53.6 Å². The molecule has 4 heteroatoms. The molecule has 1 aliphatic heterocycles. The molecule has 0 saturated carbocycles. The van der Waals surface area contributed by atoms with Crippen LogP contribution in [-0.4, -0.2) is 29.9 Å². The molecular formula is C19H21ClN2O. The van der Waals surface area contributed by atoms with E-state index in [-0.39, 0.29) is 5.91 Å². The average molecular weight is 329 g/mol. The van der Waals surface area contributed by atoms with Crippen LogP contribution in [0.3, 0.4) is 0 Å². The maximum Gasteiger partial charge on any atom is 0.219 e. The Morgan fingerprint density at radius 2 is 1.78 bits per heavy atom. The highest BCUT2D eigenvalue weighted by atomic mass is 35.5. The van der Waals surface area contributed by atoms with Gasteiger partial charge in [0.15, 0.2) is 0 Å². The Morgan fingerprint density at radius 3 is 2.43 bits per heavy atom. The Hall–Kier alpha value is -2.00. The Bertz CT molecular complexity index is 679. The molecular weight excluding hydrogens is 308 g/mol. The molecule has 1 fully saturated rings. The molecule has 3 nitrogen and oxygen atoms in total. The molecule has 0 radical (unpaired) electrons. The van der Waals surface area contributed by atoms with Crippen LogP contribution in [0.25, 0.3) is 11.1 Å². The molecule has 120 valence electrons. The minimum Gasteiger partial charge on any atom is -0.380 e. The van der Waals surface area contributed by atoms with Gasteiger partial charge in [-0.2, -0.15) is 0 Å². The van der Waals surface area contributed by atoms with Gasteiger partial charge in [0, 0.05) is 31.6 Å². The van der Waals surface area contributed by atoms with E-state index in [9.17, 15) is 4.79 Å². The van der Waals surface area contributed by atoms with Crippen LogP contribution in [0.4, 0.5) is 5.69 Å². The standard InChI is InChI=1S/C19H21ClN2O/c1-14(23)22-12-10-16(11-13-22)21-19-17(8-5-9-18(19)20)15-6-3-2-4-7-15/h2-9,16,21H,10-13H2,1H3. The third-order valence-electron chi connectivity index (χ3n) is 4.39. The van der Waals surface area contributed by atoms with E-state index in [0.29, 0.717) is 6.04 Å². The number of rotatable bonds is 3. The topological polar surface area (TPSA) is 32.3 Å². The number of nitrogens with one attached hydrogen (secondary N) is 1. The number of piperidine rings is 1. The van der Waals surface area contributed by atoms with Gasteiger partial charge in [-0.1, -0.05) is 54.1 Å². The van der Waals surface area contributed by atoms with Crippen molar-refractivity contribution in [3.63, 3.8) is 0 Å². The second kappa shape index (κ2) is 7.05. The van der Waals surface area contributed by atoms with Gasteiger partial charge in [0.1, 0.15) is 0 Å². The molecule has 0 bridgehead atoms. The molecule has 1 amide bonds. The fourth-order valence-electron chi connectivity index (χ4n) is 3.07. The SMILES string of the molecule is CC(=O)N1CCC(Nc2c(Cl)cccc2-c2ccccc2)CC1. The summed E-state index contributed by atoms with van der Waals surface area (Å²) < 4.78 is 0. The fourth-order valence-corrected chi connectivity index (χ4v) is 3.30. The Balaban J connectivity index is 1.80. The zero-order chi connectivity index (χ0) is 16.2. The number of benzene rings is 2. The number of halogens is 1. The maximum absolute atomic E-state index is 11.4. The van der Waals surface area contributed by atoms with Crippen LogP contribution < -0.4 is 5.32 Å². The summed E-state index contributed by atoms with van der Waals surface area (Å²) >= 11 is 6.45. The summed E-state index contributed by atoms with van der Waals surface area (Å²) in [4.78, 5) is 13.3. The molecule has 0 spiro atoms. The lowest BCUT2D eigenvalue weighted by Gasteiger charge is -2.33. The lowest BCUT2D eigenvalue weighted by Crippen LogP contribution is -2.41. The molecule has 0 aromatic heterocycles. The summed E-state index contributed by atoms with van der Waals surface area (Å²) in [6.45, 7) is 3.24. The van der Waals surface area contributed by atoms with Crippen molar-refractivity contribution in [1.29, 1.82) is 0 Å². The Labute approximate surface area is 142 Å². The second-order valence-corrected chi connectivity index (χ2v) is 6.36. The second-order valence-electron chi connectivity index (χ2n) is 5.95. The van der Waals surface area contributed by atoms with Gasteiger partial charge >= 0.3 is 0 Å². The van der Waals surface area contributed by atoms with Gasteiger partial charge in [-0.3, -0.25) is 4.79 Å². The van der Waals surface area contributed by atoms with Crippen molar-refractivity contribution < 1.29 is 4.79 Å². The zero-order valence-corrected chi connectivity index (χ0v) is 14.0. The molecule has 1 saturated heterocycles. The molecule has 2 aromatic carbocycles. The zero-order valence-electron chi connectivity index (χ0n) is 13.3. The van der Waals surface area contributed by atoms with E-state index >= 15 is 0 Å². The molecule has 0 aliphatic carbocycles. The number of amides is 1. The van der Waals surface area contributed by atoms with Gasteiger partial charge < -0.3 is 10.2 Å². The smallest absolute Gasteiger partial charge is 0.219 e. The van der Waals surface area contributed by atoms with E-state index in [2.05, 4.69) is 23.5 Å². The van der Waals surface area contributed by atoms with E-state index in [0.717, 1.165) is 47.8 Å². The van der Waals surface area contributed by atoms with Crippen LogP contribution in [-0.2, 0) is 4.79 Å². The van der Waals surface area contributed by atoms with Gasteiger partial charge in [-0.05, 0) is 24.5 Å². The number of hydrogen-bond donors (Lipinski definition) is 1. The van der Waals surface area contributed by atoms with Crippen molar-refractivity contribution in [3.8, 4) is 11.1 Å². The number of nitrogens with zero attached hydrogens (tertiary/aromatic N) is 1. The highest BCUT2D eigenvalue weighted by Crippen LogP contribution is 2.35. The summed E-state index contributed by atoms with van der Waals surface area (Å²) in [5.74, 6) is 0.158. The Kier molecular flexibility index (Phi) is 4.87. The van der Waals surface area contributed by atoms with Crippen molar-refractivity contribution in [2.45, 2.75) is 25.8 Å². The van der Waals surface area contributed by atoms with Crippen molar-refractivity contribution in [2.24, 2.45) is 0 Å². The molecule has 1 aliphatic rings. The molecule has 0 unspecified atom stereocenters. The van der Waals surface area contributed by atoms with E-state index < -0.39 is 0 Å². The van der Waals surface area contributed by atoms with Gasteiger partial charge in [0.05, 0.1) is 10.7 Å². The minimum absolute atomic E-state index is 0.158. The number of anilines is 1. The van der Waals surface area contributed by atoms with Gasteiger partial charge in [-0.15, -0.1) is 0 Å². The first-order valence-corrected chi connectivity index (χ1v) is 8.39. The van der Waals surface area contributed by atoms with Gasteiger partial charge in [-0.25, -0.2) is 0 Å². The summed E-state index contributed by atoms with van der Waals surface area (Å²) in [6, 6.07) is 16.6. The molecule has 1 N–H and O–H groups in total. The summed E-state index contributed by atoms with van der Waals surface area (Å²) in [5, 5.41) is 4.34. The van der Waals surface area contributed by atoms with Crippen LogP contribution in [0.5, 0.6) is 0 Å². The monoisotopic (exact) mass is 328 g/mol. The van der Waals surface area contributed by atoms with Crippen LogP contribution in [0.15, 0.2) is 48.5 Å². The Morgan fingerprint density at radius 1 is 1.09 bits per heavy atom. The third-order valence-corrected chi connectivity index (χ3v) is 4.70. The lowest BCUT2D eigenvalue weighted by atomic mass is 10.0. The molecule has 1 heterocycles. The first-order chi connectivity index (χ1) is 11.1. The minimum atomic E-state index is 0.158. The quantitative estimate of drug-likeness (QED) is 0.904. The molecule has 2 aromatic rings. The number of likely N-dealkylation sites (tertiary alicyclic amines) is 1. The highest BCUT2D eigenvalue weighted by Gasteiger charge is 2.22. The number of carbonyl (C=O) groups excluding carboxylic acids is 1. The van der Waals surface area contributed by atoms with Crippen LogP contribution >= 0.6 is 11.6 Å². The van der Waals surface area contributed by atoms with Crippen molar-refractivity contribution in [2.75, 3.05) is 18.4 Å². The van der Waals surface area contributed by atoms with Crippen LogP contribution in [0, 0.1) is 0 Å². The largest absolute Gasteiger partial charge is 0.380 e. The van der Waals surface area contributed by atoms with Crippen molar-refractivity contribution >= 4 is 23.2 Å². The molecule has 3 rings (SSSR count). The summed E-state index contributed by atoms with van der Waals surface area (Å²) in [5.41, 5.74) is 3.26. The lowest BCUT2D eigenvalue weighted by molar-refractivity contribution is -0.129. The van der Waals surface area contributed by atoms with Crippen LogP contribution in [0.1, 0.15) is 19.8 Å². The van der Waals surface area contributed by atoms with Crippen LogP contribution in [0.2, 0.25) is 5.02 Å². The summed E-state index contributed by atoms with van der Waals surface area (Å²) in [7, 11) is 0. The number of carbonyl (C=O) groups is 1.